The van der Waals surface area contributed by atoms with Gasteiger partial charge in [0.2, 0.25) is 0 Å². The first-order chi connectivity index (χ1) is 7.96. The molecule has 1 N–H and O–H groups in total. The number of sulfonamides is 1. The summed E-state index contributed by atoms with van der Waals surface area (Å²) in [6, 6.07) is -0.319. The number of halogens is 1. The van der Waals surface area contributed by atoms with Crippen LogP contribution in [0.4, 0.5) is 0 Å². The summed E-state index contributed by atoms with van der Waals surface area (Å²) in [7, 11) is -3.56. The van der Waals surface area contributed by atoms with Gasteiger partial charge in [-0.1, -0.05) is 22.9 Å². The molecule has 8 heteroatoms. The molecule has 17 heavy (non-hydrogen) atoms. The number of rotatable bonds is 3. The molecule has 5 nitrogen and oxygen atoms in total. The van der Waals surface area contributed by atoms with Gasteiger partial charge in [0.1, 0.15) is 0 Å². The zero-order valence-corrected chi connectivity index (χ0v) is 11.6. The molecule has 0 unspecified atom stereocenters. The smallest absolute Gasteiger partial charge is 0.254 e. The monoisotopic (exact) mass is 296 g/mol. The fourth-order valence-electron chi connectivity index (χ4n) is 2.00. The van der Waals surface area contributed by atoms with E-state index in [0.29, 0.717) is 18.7 Å². The topological polar surface area (TPSA) is 70.5 Å². The van der Waals surface area contributed by atoms with E-state index in [4.69, 9.17) is 11.6 Å². The summed E-state index contributed by atoms with van der Waals surface area (Å²) >= 11 is 6.69. The second-order valence-electron chi connectivity index (χ2n) is 3.93. The van der Waals surface area contributed by atoms with Gasteiger partial charge < -0.3 is 5.11 Å². The lowest BCUT2D eigenvalue weighted by Gasteiger charge is -2.21. The zero-order valence-electron chi connectivity index (χ0n) is 9.26. The lowest BCUT2D eigenvalue weighted by atomic mass is 10.2. The van der Waals surface area contributed by atoms with Crippen molar-refractivity contribution in [3.8, 4) is 0 Å². The second-order valence-corrected chi connectivity index (χ2v) is 7.60. The summed E-state index contributed by atoms with van der Waals surface area (Å²) in [4.78, 5) is 3.92. The minimum absolute atomic E-state index is 0.148. The summed E-state index contributed by atoms with van der Waals surface area (Å²) in [5.74, 6) is 0. The van der Waals surface area contributed by atoms with Crippen LogP contribution in [0.5, 0.6) is 0 Å². The van der Waals surface area contributed by atoms with Gasteiger partial charge in [-0.3, -0.25) is 0 Å². The first kappa shape index (κ1) is 13.2. The van der Waals surface area contributed by atoms with Crippen LogP contribution in [0.3, 0.4) is 0 Å². The standard InChI is InChI=1S/C9H13ClN2O3S2/c1-6-8(16-9(10)11-6)17(14,15)12-4-2-3-7(12)5-13/h7,13H,2-5H2,1H3/t7-/m0/s1. The van der Waals surface area contributed by atoms with Gasteiger partial charge in [0.05, 0.1) is 12.3 Å². The van der Waals surface area contributed by atoms with Crippen molar-refractivity contribution in [1.29, 1.82) is 0 Å². The third-order valence-corrected chi connectivity index (χ3v) is 6.61. The van der Waals surface area contributed by atoms with Gasteiger partial charge in [0.25, 0.3) is 10.0 Å². The number of nitrogens with zero attached hydrogens (tertiary/aromatic N) is 2. The fraction of sp³-hybridized carbons (Fsp3) is 0.667. The molecule has 0 radical (unpaired) electrons. The first-order valence-electron chi connectivity index (χ1n) is 5.22. The van der Waals surface area contributed by atoms with Crippen LogP contribution in [0.15, 0.2) is 4.21 Å². The third-order valence-electron chi connectivity index (χ3n) is 2.80. The van der Waals surface area contributed by atoms with E-state index in [0.717, 1.165) is 17.8 Å². The molecule has 1 aliphatic rings. The molecule has 0 aromatic carbocycles. The number of thiazole rings is 1. The molecule has 2 heterocycles. The van der Waals surface area contributed by atoms with Crippen molar-refractivity contribution in [2.75, 3.05) is 13.2 Å². The van der Waals surface area contributed by atoms with E-state index in [1.807, 2.05) is 0 Å². The normalized spacial score (nSPS) is 22.2. The van der Waals surface area contributed by atoms with Crippen molar-refractivity contribution in [2.24, 2.45) is 0 Å². The number of aromatic nitrogens is 1. The van der Waals surface area contributed by atoms with Crippen LogP contribution in [-0.4, -0.2) is 42.0 Å². The van der Waals surface area contributed by atoms with Crippen LogP contribution in [0, 0.1) is 6.92 Å². The fourth-order valence-corrected chi connectivity index (χ4v) is 5.54. The van der Waals surface area contributed by atoms with Crippen LogP contribution >= 0.6 is 22.9 Å². The largest absolute Gasteiger partial charge is 0.395 e. The highest BCUT2D eigenvalue weighted by Crippen LogP contribution is 2.32. The molecule has 0 aliphatic carbocycles. The molecule has 1 aromatic heterocycles. The minimum Gasteiger partial charge on any atom is -0.395 e. The highest BCUT2D eigenvalue weighted by molar-refractivity contribution is 7.91. The summed E-state index contributed by atoms with van der Waals surface area (Å²) < 4.78 is 26.5. The van der Waals surface area contributed by atoms with Crippen molar-refractivity contribution in [1.82, 2.24) is 9.29 Å². The van der Waals surface area contributed by atoms with Crippen LogP contribution in [0.25, 0.3) is 0 Å². The molecule has 0 spiro atoms. The SMILES string of the molecule is Cc1nc(Cl)sc1S(=O)(=O)N1CCC[C@H]1CO. The molecule has 0 saturated carbocycles. The second kappa shape index (κ2) is 4.81. The Labute approximate surface area is 109 Å². The highest BCUT2D eigenvalue weighted by Gasteiger charge is 2.37. The number of aryl methyl sites for hydroxylation is 1. The van der Waals surface area contributed by atoms with Gasteiger partial charge >= 0.3 is 0 Å². The minimum atomic E-state index is -3.56. The van der Waals surface area contributed by atoms with E-state index in [2.05, 4.69) is 4.98 Å². The Kier molecular flexibility index (Phi) is 3.74. The van der Waals surface area contributed by atoms with Crippen LogP contribution in [0.2, 0.25) is 4.47 Å². The van der Waals surface area contributed by atoms with E-state index < -0.39 is 10.0 Å². The third kappa shape index (κ3) is 2.34. The van der Waals surface area contributed by atoms with E-state index in [-0.39, 0.29) is 21.3 Å². The lowest BCUT2D eigenvalue weighted by molar-refractivity contribution is 0.213. The van der Waals surface area contributed by atoms with Gasteiger partial charge in [-0.05, 0) is 19.8 Å². The predicted molar refractivity (Wildman–Crippen MR) is 65.9 cm³/mol. The Morgan fingerprint density at radius 2 is 2.35 bits per heavy atom. The lowest BCUT2D eigenvalue weighted by Crippen LogP contribution is -2.37. The molecule has 1 atom stereocenters. The number of hydrogen-bond donors (Lipinski definition) is 1. The van der Waals surface area contributed by atoms with Crippen LogP contribution < -0.4 is 0 Å². The number of aliphatic hydroxyl groups excluding tert-OH is 1. The first-order valence-corrected chi connectivity index (χ1v) is 7.86. The van der Waals surface area contributed by atoms with Crippen molar-refractivity contribution >= 4 is 33.0 Å². The Morgan fingerprint density at radius 3 is 2.88 bits per heavy atom. The van der Waals surface area contributed by atoms with Crippen molar-refractivity contribution in [2.45, 2.75) is 30.0 Å². The maximum absolute atomic E-state index is 12.4. The average Bonchev–Trinajstić information content (AvgIpc) is 2.84. The van der Waals surface area contributed by atoms with E-state index >= 15 is 0 Å². The molecule has 0 amide bonds. The molecule has 1 aromatic rings. The Bertz CT molecular complexity index is 514. The predicted octanol–water partition coefficient (Wildman–Crippen LogP) is 1.25. The molecular formula is C9H13ClN2O3S2. The summed E-state index contributed by atoms with van der Waals surface area (Å²) in [5.41, 5.74) is 0.420. The van der Waals surface area contributed by atoms with Gasteiger partial charge in [0.15, 0.2) is 8.68 Å². The average molecular weight is 297 g/mol. The van der Waals surface area contributed by atoms with Crippen molar-refractivity contribution in [3.05, 3.63) is 10.2 Å². The van der Waals surface area contributed by atoms with E-state index in [1.165, 1.54) is 4.31 Å². The number of hydrogen-bond acceptors (Lipinski definition) is 5. The molecule has 1 fully saturated rings. The van der Waals surface area contributed by atoms with Crippen LogP contribution in [0.1, 0.15) is 18.5 Å². The summed E-state index contributed by atoms with van der Waals surface area (Å²) in [5, 5.41) is 9.18. The summed E-state index contributed by atoms with van der Waals surface area (Å²) in [6.45, 7) is 1.92. The molecular weight excluding hydrogens is 284 g/mol. The Balaban J connectivity index is 2.39. The van der Waals surface area contributed by atoms with Crippen molar-refractivity contribution in [3.63, 3.8) is 0 Å². The van der Waals surface area contributed by atoms with Gasteiger partial charge in [-0.25, -0.2) is 13.4 Å². The molecule has 96 valence electrons. The van der Waals surface area contributed by atoms with Crippen LogP contribution in [-0.2, 0) is 10.0 Å². The Hall–Kier alpha value is -0.210. The maximum Gasteiger partial charge on any atom is 0.254 e. The zero-order chi connectivity index (χ0) is 12.6. The molecule has 2 rings (SSSR count). The molecule has 0 bridgehead atoms. The summed E-state index contributed by atoms with van der Waals surface area (Å²) in [6.07, 6.45) is 1.47. The van der Waals surface area contributed by atoms with Gasteiger partial charge in [0, 0.05) is 12.6 Å². The quantitative estimate of drug-likeness (QED) is 0.911. The van der Waals surface area contributed by atoms with Gasteiger partial charge in [-0.2, -0.15) is 4.31 Å². The van der Waals surface area contributed by atoms with E-state index in [9.17, 15) is 13.5 Å². The van der Waals surface area contributed by atoms with Gasteiger partial charge in [-0.15, -0.1) is 0 Å². The maximum atomic E-state index is 12.4. The highest BCUT2D eigenvalue weighted by atomic mass is 35.5. The van der Waals surface area contributed by atoms with Crippen molar-refractivity contribution < 1.29 is 13.5 Å². The molecule has 1 saturated heterocycles. The van der Waals surface area contributed by atoms with E-state index in [1.54, 1.807) is 6.92 Å². The Morgan fingerprint density at radius 1 is 1.65 bits per heavy atom. The molecule has 1 aliphatic heterocycles. The number of aliphatic hydroxyl groups is 1.